The molecule has 1 aliphatic rings. The predicted molar refractivity (Wildman–Crippen MR) is 113 cm³/mol. The van der Waals surface area contributed by atoms with Crippen LogP contribution in [0.3, 0.4) is 0 Å². The lowest BCUT2D eigenvalue weighted by Crippen LogP contribution is -2.17. The first-order chi connectivity index (χ1) is 14.9. The van der Waals surface area contributed by atoms with Gasteiger partial charge in [-0.05, 0) is 37.5 Å². The van der Waals surface area contributed by atoms with E-state index in [9.17, 15) is 17.6 Å². The number of hydrogen-bond donors (Lipinski definition) is 3. The molecule has 3 aromatic rings. The van der Waals surface area contributed by atoms with Gasteiger partial charge in [-0.3, -0.25) is 14.8 Å². The zero-order chi connectivity index (χ0) is 22.0. The molecule has 1 fully saturated rings. The summed E-state index contributed by atoms with van der Waals surface area (Å²) in [5.74, 6) is -1.10. The van der Waals surface area contributed by atoms with Crippen molar-refractivity contribution >= 4 is 38.6 Å². The van der Waals surface area contributed by atoms with E-state index in [2.05, 4.69) is 25.0 Å². The lowest BCUT2D eigenvalue weighted by Gasteiger charge is -2.11. The van der Waals surface area contributed by atoms with Gasteiger partial charge in [0.15, 0.2) is 0 Å². The van der Waals surface area contributed by atoms with Crippen LogP contribution in [0.4, 0.5) is 16.0 Å². The summed E-state index contributed by atoms with van der Waals surface area (Å²) in [6.45, 7) is 0. The van der Waals surface area contributed by atoms with Crippen LogP contribution in [0.25, 0.3) is 22.3 Å². The molecule has 2 aromatic heterocycles. The summed E-state index contributed by atoms with van der Waals surface area (Å²) in [7, 11) is -3.77. The molecule has 0 bridgehead atoms. The van der Waals surface area contributed by atoms with Crippen molar-refractivity contribution in [2.24, 2.45) is 5.92 Å². The number of aromatic nitrogens is 3. The van der Waals surface area contributed by atoms with Gasteiger partial charge in [-0.2, -0.15) is 10.2 Å². The molecule has 3 N–H and O–H groups in total. The fourth-order valence-corrected chi connectivity index (χ4v) is 4.21. The Kier molecular flexibility index (Phi) is 5.56. The molecule has 0 spiro atoms. The van der Waals surface area contributed by atoms with E-state index < -0.39 is 15.8 Å². The highest BCUT2D eigenvalue weighted by Gasteiger charge is 2.30. The summed E-state index contributed by atoms with van der Waals surface area (Å²) in [5, 5.41) is 11.9. The highest BCUT2D eigenvalue weighted by atomic mass is 32.2. The summed E-state index contributed by atoms with van der Waals surface area (Å²) in [4.78, 5) is 23.7. The number of carbonyl (C=O) groups excluding carboxylic acids is 1. The van der Waals surface area contributed by atoms with E-state index in [1.54, 1.807) is 12.3 Å². The lowest BCUT2D eigenvalue weighted by atomic mass is 10.1. The number of nitrogens with one attached hydrogen (secondary N) is 3. The molecule has 0 aliphatic heterocycles. The van der Waals surface area contributed by atoms with Crippen molar-refractivity contribution in [1.29, 1.82) is 5.26 Å². The molecular weight excluding hydrogens is 423 g/mol. The molecule has 9 nitrogen and oxygen atoms in total. The second-order valence-corrected chi connectivity index (χ2v) is 9.12. The van der Waals surface area contributed by atoms with Gasteiger partial charge in [0.2, 0.25) is 21.9 Å². The van der Waals surface area contributed by atoms with Crippen molar-refractivity contribution in [1.82, 2.24) is 15.0 Å². The largest absolute Gasteiger partial charge is 0.346 e. The fourth-order valence-electron chi connectivity index (χ4n) is 3.08. The number of nitriles is 1. The molecule has 1 amide bonds. The van der Waals surface area contributed by atoms with Gasteiger partial charge in [0.25, 0.3) is 0 Å². The monoisotopic (exact) mass is 442 g/mol. The molecular formula is C20H19FN6O3S. The molecule has 0 radical (unpaired) electrons. The number of rotatable bonds is 8. The summed E-state index contributed by atoms with van der Waals surface area (Å²) in [6, 6.07) is 7.64. The molecule has 0 atom stereocenters. The third kappa shape index (κ3) is 4.80. The number of halogens is 1. The van der Waals surface area contributed by atoms with Crippen LogP contribution in [-0.2, 0) is 14.8 Å². The van der Waals surface area contributed by atoms with E-state index in [0.29, 0.717) is 22.3 Å². The molecule has 31 heavy (non-hydrogen) atoms. The number of amides is 1. The number of aromatic amines is 1. The van der Waals surface area contributed by atoms with Gasteiger partial charge in [-0.25, -0.2) is 17.8 Å². The SMILES string of the molecule is N#CCCCS(=O)(=O)Nc1ccc(-c2nc(NC(=O)C3CC3)nc3[nH]ccc23)cc1F. The Morgan fingerprint density at radius 3 is 2.81 bits per heavy atom. The van der Waals surface area contributed by atoms with E-state index >= 15 is 0 Å². The van der Waals surface area contributed by atoms with Gasteiger partial charge >= 0.3 is 0 Å². The Morgan fingerprint density at radius 2 is 2.10 bits per heavy atom. The number of H-pyrrole nitrogens is 1. The lowest BCUT2D eigenvalue weighted by molar-refractivity contribution is -0.117. The maximum Gasteiger partial charge on any atom is 0.232 e. The maximum absolute atomic E-state index is 14.7. The summed E-state index contributed by atoms with van der Waals surface area (Å²) in [5.41, 5.74) is 1.10. The number of benzene rings is 1. The van der Waals surface area contributed by atoms with Crippen LogP contribution in [0.2, 0.25) is 0 Å². The van der Waals surface area contributed by atoms with Crippen molar-refractivity contribution < 1.29 is 17.6 Å². The van der Waals surface area contributed by atoms with Crippen LogP contribution >= 0.6 is 0 Å². The third-order valence-electron chi connectivity index (χ3n) is 4.81. The van der Waals surface area contributed by atoms with Crippen LogP contribution in [0, 0.1) is 23.1 Å². The van der Waals surface area contributed by atoms with Crippen molar-refractivity contribution in [3.8, 4) is 17.3 Å². The first kappa shape index (κ1) is 20.7. The number of hydrogen-bond acceptors (Lipinski definition) is 6. The zero-order valence-electron chi connectivity index (χ0n) is 16.4. The Morgan fingerprint density at radius 1 is 1.29 bits per heavy atom. The molecule has 160 valence electrons. The fraction of sp³-hybridized carbons (Fsp3) is 0.300. The van der Waals surface area contributed by atoms with Crippen LogP contribution in [0.1, 0.15) is 25.7 Å². The van der Waals surface area contributed by atoms with Crippen molar-refractivity contribution in [3.05, 3.63) is 36.3 Å². The molecule has 2 heterocycles. The number of fused-ring (bicyclic) bond motifs is 1. The molecule has 1 aliphatic carbocycles. The second kappa shape index (κ2) is 8.31. The van der Waals surface area contributed by atoms with Gasteiger partial charge < -0.3 is 4.98 Å². The van der Waals surface area contributed by atoms with E-state index in [-0.39, 0.29) is 42.1 Å². The normalized spacial score (nSPS) is 13.7. The minimum atomic E-state index is -3.77. The Hall–Kier alpha value is -3.52. The van der Waals surface area contributed by atoms with E-state index in [1.807, 2.05) is 6.07 Å². The number of carbonyl (C=O) groups is 1. The minimum absolute atomic E-state index is 0.0238. The summed E-state index contributed by atoms with van der Waals surface area (Å²) >= 11 is 0. The van der Waals surface area contributed by atoms with Crippen LogP contribution < -0.4 is 10.0 Å². The number of unbranched alkanes of at least 4 members (excludes halogenated alkanes) is 1. The van der Waals surface area contributed by atoms with Crippen molar-refractivity contribution in [2.75, 3.05) is 15.8 Å². The Bertz CT molecular complexity index is 1290. The number of nitrogens with zero attached hydrogens (tertiary/aromatic N) is 3. The smallest absolute Gasteiger partial charge is 0.232 e. The summed E-state index contributed by atoms with van der Waals surface area (Å²) in [6.07, 6.45) is 3.59. The first-order valence-corrected chi connectivity index (χ1v) is 11.3. The predicted octanol–water partition coefficient (Wildman–Crippen LogP) is 3.16. The molecule has 4 rings (SSSR count). The van der Waals surface area contributed by atoms with Crippen LogP contribution in [-0.4, -0.2) is 35.0 Å². The van der Waals surface area contributed by atoms with Crippen LogP contribution in [0.5, 0.6) is 0 Å². The van der Waals surface area contributed by atoms with Gasteiger partial charge in [-0.1, -0.05) is 6.07 Å². The average Bonchev–Trinajstić information content (AvgIpc) is 3.47. The molecule has 11 heteroatoms. The van der Waals surface area contributed by atoms with Gasteiger partial charge in [0.05, 0.1) is 23.2 Å². The summed E-state index contributed by atoms with van der Waals surface area (Å²) < 4.78 is 41.1. The highest BCUT2D eigenvalue weighted by Crippen LogP contribution is 2.32. The molecule has 0 unspecified atom stereocenters. The van der Waals surface area contributed by atoms with Gasteiger partial charge in [0.1, 0.15) is 11.5 Å². The van der Waals surface area contributed by atoms with E-state index in [0.717, 1.165) is 12.8 Å². The van der Waals surface area contributed by atoms with E-state index in [1.165, 1.54) is 18.2 Å². The Labute approximate surface area is 177 Å². The van der Waals surface area contributed by atoms with Crippen molar-refractivity contribution in [3.63, 3.8) is 0 Å². The van der Waals surface area contributed by atoms with Crippen LogP contribution in [0.15, 0.2) is 30.5 Å². The van der Waals surface area contributed by atoms with Crippen molar-refractivity contribution in [2.45, 2.75) is 25.7 Å². The average molecular weight is 442 g/mol. The number of anilines is 2. The highest BCUT2D eigenvalue weighted by molar-refractivity contribution is 7.92. The topological polar surface area (TPSA) is 141 Å². The molecule has 0 saturated heterocycles. The molecule has 1 aromatic carbocycles. The van der Waals surface area contributed by atoms with Gasteiger partial charge in [-0.15, -0.1) is 0 Å². The zero-order valence-corrected chi connectivity index (χ0v) is 17.2. The van der Waals surface area contributed by atoms with E-state index in [4.69, 9.17) is 5.26 Å². The maximum atomic E-state index is 14.7. The Balaban J connectivity index is 1.62. The third-order valence-corrected chi connectivity index (χ3v) is 6.17. The second-order valence-electron chi connectivity index (χ2n) is 7.28. The standard InChI is InChI=1S/C20H19FN6O3S/c21-15-11-13(5-6-16(15)27-31(29,30)10-2-1-8-22)17-14-7-9-23-18(14)25-20(24-17)26-19(28)12-3-4-12/h5-7,9,11-12,27H,1-4,10H2,(H2,23,24,25,26,28). The van der Waals surface area contributed by atoms with Gasteiger partial charge in [0, 0.05) is 29.5 Å². The number of sulfonamides is 1. The first-order valence-electron chi connectivity index (χ1n) is 9.69. The molecule has 1 saturated carbocycles. The quantitative estimate of drug-likeness (QED) is 0.458. The minimum Gasteiger partial charge on any atom is -0.346 e.